The van der Waals surface area contributed by atoms with Crippen molar-refractivity contribution in [1.29, 1.82) is 0 Å². The molecule has 0 aromatic carbocycles. The number of carbonyl (C=O) groups is 4. The number of aliphatic hydroxyl groups excluding tert-OH is 1. The van der Waals surface area contributed by atoms with Crippen LogP contribution in [-0.2, 0) is 38.1 Å². The topological polar surface area (TPSA) is 147 Å². The van der Waals surface area contributed by atoms with Gasteiger partial charge in [-0.2, -0.15) is 0 Å². The van der Waals surface area contributed by atoms with Crippen LogP contribution in [0.15, 0.2) is 36.0 Å². The lowest BCUT2D eigenvalue weighted by Crippen LogP contribution is -2.73. The number of likely N-dealkylation sites (tertiary alicyclic amines) is 2. The molecule has 1 unspecified atom stereocenters. The average molecular weight is 672 g/mol. The molecule has 0 aromatic heterocycles. The number of hydrogen-bond donors (Lipinski definition) is 2. The molecule has 5 aliphatic heterocycles. The number of nitrogens with one attached hydrogen (secondary N) is 1. The maximum absolute atomic E-state index is 13.1. The monoisotopic (exact) mass is 671 g/mol. The molecule has 266 valence electrons. The molecule has 2 N–H and O–H groups in total. The summed E-state index contributed by atoms with van der Waals surface area (Å²) in [5, 5.41) is 14.1. The molecule has 12 nitrogen and oxygen atoms in total. The molecule has 0 saturated carbocycles. The van der Waals surface area contributed by atoms with Gasteiger partial charge in [0.1, 0.15) is 23.9 Å². The first-order valence-corrected chi connectivity index (χ1v) is 17.4. The average Bonchev–Trinajstić information content (AvgIpc) is 3.76. The van der Waals surface area contributed by atoms with Crippen LogP contribution < -0.4 is 5.32 Å². The van der Waals surface area contributed by atoms with Crippen molar-refractivity contribution in [3.63, 3.8) is 0 Å². The lowest BCUT2D eigenvalue weighted by molar-refractivity contribution is -0.174. The molecule has 5 rings (SSSR count). The van der Waals surface area contributed by atoms with Gasteiger partial charge in [0.05, 0.1) is 37.4 Å². The van der Waals surface area contributed by atoms with Crippen molar-refractivity contribution in [2.75, 3.05) is 32.8 Å². The van der Waals surface area contributed by atoms with Crippen LogP contribution in [0.25, 0.3) is 0 Å². The van der Waals surface area contributed by atoms with Gasteiger partial charge in [-0.1, -0.05) is 37.6 Å². The van der Waals surface area contributed by atoms with Gasteiger partial charge in [-0.05, 0) is 45.6 Å². The Morgan fingerprint density at radius 2 is 1.71 bits per heavy atom. The maximum Gasteiger partial charge on any atom is 0.303 e. The predicted molar refractivity (Wildman–Crippen MR) is 176 cm³/mol. The Labute approximate surface area is 283 Å². The van der Waals surface area contributed by atoms with Crippen molar-refractivity contribution in [3.05, 3.63) is 36.0 Å². The third-order valence-electron chi connectivity index (χ3n) is 10.4. The molecule has 12 heteroatoms. The summed E-state index contributed by atoms with van der Waals surface area (Å²) in [6, 6.07) is -0.133. The number of carbonyl (C=O) groups excluding carboxylic acids is 4. The third kappa shape index (κ3) is 8.56. The van der Waals surface area contributed by atoms with Crippen LogP contribution in [0.4, 0.5) is 0 Å². The molecule has 0 aliphatic carbocycles. The number of esters is 1. The fraction of sp³-hybridized carbons (Fsp3) is 0.722. The van der Waals surface area contributed by atoms with Crippen LogP contribution in [0.5, 0.6) is 0 Å². The van der Waals surface area contributed by atoms with E-state index in [1.165, 1.54) is 13.0 Å². The number of rotatable bonds is 11. The van der Waals surface area contributed by atoms with Crippen molar-refractivity contribution < 1.29 is 43.2 Å². The second-order valence-corrected chi connectivity index (χ2v) is 14.7. The minimum atomic E-state index is -0.813. The highest BCUT2D eigenvalue weighted by atomic mass is 16.6. The number of aliphatic hydroxyl groups is 1. The Balaban J connectivity index is 1.07. The van der Waals surface area contributed by atoms with Crippen molar-refractivity contribution in [2.24, 2.45) is 11.3 Å². The summed E-state index contributed by atoms with van der Waals surface area (Å²) in [6.45, 7) is 14.2. The summed E-state index contributed by atoms with van der Waals surface area (Å²) in [5.74, 6) is -0.232. The zero-order valence-corrected chi connectivity index (χ0v) is 29.2. The van der Waals surface area contributed by atoms with Crippen LogP contribution in [0, 0.1) is 11.3 Å². The fourth-order valence-electron chi connectivity index (χ4n) is 7.51. The summed E-state index contributed by atoms with van der Waals surface area (Å²) < 4.78 is 23.3. The normalized spacial score (nSPS) is 35.0. The van der Waals surface area contributed by atoms with E-state index >= 15 is 0 Å². The first kappa shape index (κ1) is 36.2. The highest BCUT2D eigenvalue weighted by Gasteiger charge is 2.59. The molecule has 0 radical (unpaired) electrons. The molecule has 5 fully saturated rings. The smallest absolute Gasteiger partial charge is 0.303 e. The summed E-state index contributed by atoms with van der Waals surface area (Å²) in [5.41, 5.74) is 0.397. The standard InChI is InChI=1S/C36H53N3O9/c1-7-32(42)38-17-35(18-38)19-39(20-35)33(43)15-27-16-36(21-45-36)34(44)30(48-27)12-9-22(2)8-11-29-23(3)14-28(25(5)47-29)37-31(41)13-10-24(4)46-26(6)40/h8-10,12-13,23-25,27-30,34,44H,7,11,14-21H2,1-6H3,(H,37,41)/b12-9+,13-10-,22-8+/t23-,24?,25+,27+,28+,29-,30+,34+,36+/m0/s1. The first-order chi connectivity index (χ1) is 22.7. The Hall–Kier alpha value is -3.06. The number of hydrogen-bond acceptors (Lipinski definition) is 9. The van der Waals surface area contributed by atoms with E-state index in [1.807, 2.05) is 42.7 Å². The van der Waals surface area contributed by atoms with Gasteiger partial charge in [-0.25, -0.2) is 0 Å². The minimum Gasteiger partial charge on any atom is -0.459 e. The van der Waals surface area contributed by atoms with Gasteiger partial charge >= 0.3 is 5.97 Å². The van der Waals surface area contributed by atoms with Gasteiger partial charge in [0.15, 0.2) is 0 Å². The first-order valence-electron chi connectivity index (χ1n) is 17.4. The summed E-state index contributed by atoms with van der Waals surface area (Å²) >= 11 is 0. The maximum atomic E-state index is 13.1. The van der Waals surface area contributed by atoms with E-state index in [9.17, 15) is 24.3 Å². The van der Waals surface area contributed by atoms with E-state index in [-0.39, 0.29) is 59.8 Å². The lowest BCUT2D eigenvalue weighted by Gasteiger charge is -2.60. The largest absolute Gasteiger partial charge is 0.459 e. The molecule has 5 saturated heterocycles. The van der Waals surface area contributed by atoms with Crippen molar-refractivity contribution in [2.45, 2.75) is 122 Å². The second-order valence-electron chi connectivity index (χ2n) is 14.7. The molecule has 48 heavy (non-hydrogen) atoms. The molecule has 0 aromatic rings. The summed E-state index contributed by atoms with van der Waals surface area (Å²) in [4.78, 5) is 52.2. The third-order valence-corrected chi connectivity index (χ3v) is 10.4. The summed E-state index contributed by atoms with van der Waals surface area (Å²) in [7, 11) is 0. The second kappa shape index (κ2) is 14.8. The number of epoxide rings is 1. The van der Waals surface area contributed by atoms with Gasteiger partial charge in [0.25, 0.3) is 0 Å². The molecule has 5 heterocycles. The molecule has 3 amide bonds. The van der Waals surface area contributed by atoms with Crippen molar-refractivity contribution in [3.8, 4) is 0 Å². The van der Waals surface area contributed by atoms with Crippen molar-refractivity contribution >= 4 is 23.7 Å². The lowest BCUT2D eigenvalue weighted by atomic mass is 9.72. The van der Waals surface area contributed by atoms with Gasteiger partial charge in [0, 0.05) is 57.4 Å². The minimum absolute atomic E-state index is 0.0122. The molecule has 5 aliphatic rings. The molecule has 9 atom stereocenters. The van der Waals surface area contributed by atoms with Crippen LogP contribution in [0.1, 0.15) is 73.6 Å². The Bertz CT molecular complexity index is 1310. The number of amides is 3. The predicted octanol–water partition coefficient (Wildman–Crippen LogP) is 2.44. The molecule has 2 spiro atoms. The fourth-order valence-corrected chi connectivity index (χ4v) is 7.51. The highest BCUT2D eigenvalue weighted by Crippen LogP contribution is 2.45. The summed E-state index contributed by atoms with van der Waals surface area (Å²) in [6.07, 6.45) is 9.13. The van der Waals surface area contributed by atoms with E-state index in [0.29, 0.717) is 39.0 Å². The van der Waals surface area contributed by atoms with Gasteiger partial charge in [-0.3, -0.25) is 19.2 Å². The SMILES string of the molecule is CCC(=O)N1CC2(C1)CN(C(=O)C[C@@H]1C[C@@]3(CO3)[C@H](O)[C@@H](/C=C/C(C)=C/C[C@@H]3O[C@H](C)[C@H](NC(=O)/C=C\C(C)OC(C)=O)C[C@@H]3C)O1)C2. The van der Waals surface area contributed by atoms with E-state index in [0.717, 1.165) is 25.1 Å². The van der Waals surface area contributed by atoms with Gasteiger partial charge in [0.2, 0.25) is 17.7 Å². The molecular weight excluding hydrogens is 618 g/mol. The van der Waals surface area contributed by atoms with Gasteiger partial charge < -0.3 is 39.2 Å². The highest BCUT2D eigenvalue weighted by molar-refractivity contribution is 5.87. The zero-order valence-electron chi connectivity index (χ0n) is 29.2. The zero-order chi connectivity index (χ0) is 34.8. The Morgan fingerprint density at radius 1 is 1.04 bits per heavy atom. The van der Waals surface area contributed by atoms with Crippen LogP contribution in [-0.4, -0.2) is 120 Å². The van der Waals surface area contributed by atoms with E-state index in [4.69, 9.17) is 18.9 Å². The Kier molecular flexibility index (Phi) is 11.2. The van der Waals surface area contributed by atoms with E-state index in [2.05, 4.69) is 18.3 Å². The van der Waals surface area contributed by atoms with E-state index < -0.39 is 29.9 Å². The number of nitrogens with zero attached hydrogens (tertiary/aromatic N) is 2. The van der Waals surface area contributed by atoms with Gasteiger partial charge in [-0.15, -0.1) is 0 Å². The van der Waals surface area contributed by atoms with Crippen LogP contribution >= 0.6 is 0 Å². The quantitative estimate of drug-likeness (QED) is 0.146. The van der Waals surface area contributed by atoms with Crippen LogP contribution in [0.3, 0.4) is 0 Å². The number of ether oxygens (including phenoxy) is 4. The molecular formula is C36H53N3O9. The van der Waals surface area contributed by atoms with Crippen molar-refractivity contribution in [1.82, 2.24) is 15.1 Å². The Morgan fingerprint density at radius 3 is 2.33 bits per heavy atom. The molecule has 0 bridgehead atoms. The number of allylic oxidation sites excluding steroid dienone is 2. The van der Waals surface area contributed by atoms with E-state index in [1.54, 1.807) is 13.0 Å². The van der Waals surface area contributed by atoms with Crippen LogP contribution in [0.2, 0.25) is 0 Å².